The molecule has 1 rings (SSSR count). The second-order valence-electron chi connectivity index (χ2n) is 4.02. The molecule has 0 saturated carbocycles. The first-order valence-corrected chi connectivity index (χ1v) is 4.40. The number of aryl methyl sites for hydroxylation is 1. The molecule has 0 aliphatic carbocycles. The van der Waals surface area contributed by atoms with E-state index in [1.165, 1.54) is 12.5 Å². The van der Waals surface area contributed by atoms with Gasteiger partial charge in [-0.25, -0.2) is 14.8 Å². The molecule has 0 aliphatic rings. The Morgan fingerprint density at radius 1 is 1.43 bits per heavy atom. The average Bonchev–Trinajstić information content (AvgIpc) is 2.01. The van der Waals surface area contributed by atoms with Crippen LogP contribution in [-0.2, 0) is 4.74 Å². The largest absolute Gasteiger partial charge is 0.456 e. The molecular weight excluding hydrogens is 180 g/mol. The number of ether oxygens (including phenoxy) is 1. The molecule has 76 valence electrons. The Morgan fingerprint density at radius 3 is 2.57 bits per heavy atom. The second kappa shape index (κ2) is 3.74. The van der Waals surface area contributed by atoms with Gasteiger partial charge >= 0.3 is 5.97 Å². The van der Waals surface area contributed by atoms with E-state index in [1.807, 2.05) is 20.8 Å². The quantitative estimate of drug-likeness (QED) is 0.639. The van der Waals surface area contributed by atoms with Crippen LogP contribution in [0.25, 0.3) is 0 Å². The molecule has 0 amide bonds. The molecule has 4 nitrogen and oxygen atoms in total. The number of esters is 1. The summed E-state index contributed by atoms with van der Waals surface area (Å²) in [4.78, 5) is 19.3. The first-order chi connectivity index (χ1) is 6.40. The van der Waals surface area contributed by atoms with Gasteiger partial charge in [-0.15, -0.1) is 0 Å². The summed E-state index contributed by atoms with van der Waals surface area (Å²) in [7, 11) is 0. The van der Waals surface area contributed by atoms with E-state index < -0.39 is 5.60 Å². The first-order valence-electron chi connectivity index (χ1n) is 4.40. The van der Waals surface area contributed by atoms with Crippen LogP contribution in [0.15, 0.2) is 12.5 Å². The van der Waals surface area contributed by atoms with Crippen LogP contribution >= 0.6 is 0 Å². The highest BCUT2D eigenvalue weighted by atomic mass is 16.6. The maximum Gasteiger partial charge on any atom is 0.342 e. The summed E-state index contributed by atoms with van der Waals surface area (Å²) in [6, 6.07) is 0. The van der Waals surface area contributed by atoms with E-state index in [2.05, 4.69) is 9.97 Å². The third-order valence-corrected chi connectivity index (χ3v) is 1.53. The van der Waals surface area contributed by atoms with Crippen molar-refractivity contribution in [3.63, 3.8) is 0 Å². The minimum absolute atomic E-state index is 0.379. The highest BCUT2D eigenvalue weighted by Crippen LogP contribution is 2.12. The molecule has 0 fully saturated rings. The summed E-state index contributed by atoms with van der Waals surface area (Å²) in [5.41, 5.74) is 0.566. The number of aromatic nitrogens is 2. The third kappa shape index (κ3) is 2.80. The van der Waals surface area contributed by atoms with Gasteiger partial charge in [0.25, 0.3) is 0 Å². The summed E-state index contributed by atoms with van der Waals surface area (Å²) in [6.45, 7) is 7.22. The van der Waals surface area contributed by atoms with E-state index >= 15 is 0 Å². The Morgan fingerprint density at radius 2 is 2.07 bits per heavy atom. The molecule has 0 spiro atoms. The lowest BCUT2D eigenvalue weighted by molar-refractivity contribution is 0.00677. The second-order valence-corrected chi connectivity index (χ2v) is 4.02. The van der Waals surface area contributed by atoms with Crippen molar-refractivity contribution >= 4 is 5.97 Å². The molecule has 14 heavy (non-hydrogen) atoms. The van der Waals surface area contributed by atoms with Gasteiger partial charge in [0.05, 0.1) is 11.3 Å². The number of carbonyl (C=O) groups excluding carboxylic acids is 1. The molecule has 1 aromatic rings. The van der Waals surface area contributed by atoms with Crippen LogP contribution in [0.2, 0.25) is 0 Å². The molecule has 0 bridgehead atoms. The van der Waals surface area contributed by atoms with Crippen molar-refractivity contribution in [1.29, 1.82) is 0 Å². The van der Waals surface area contributed by atoms with Crippen molar-refractivity contribution in [1.82, 2.24) is 9.97 Å². The molecular formula is C10H14N2O2. The highest BCUT2D eigenvalue weighted by Gasteiger charge is 2.19. The van der Waals surface area contributed by atoms with Crippen molar-refractivity contribution in [3.05, 3.63) is 23.8 Å². The number of hydrogen-bond donors (Lipinski definition) is 0. The molecule has 1 heterocycles. The van der Waals surface area contributed by atoms with Crippen molar-refractivity contribution < 1.29 is 9.53 Å². The molecule has 0 saturated heterocycles. The number of nitrogens with zero attached hydrogens (tertiary/aromatic N) is 2. The maximum absolute atomic E-state index is 11.6. The molecule has 1 aromatic heterocycles. The van der Waals surface area contributed by atoms with Crippen molar-refractivity contribution in [2.45, 2.75) is 33.3 Å². The van der Waals surface area contributed by atoms with Gasteiger partial charge in [0.15, 0.2) is 0 Å². The zero-order valence-electron chi connectivity index (χ0n) is 8.87. The van der Waals surface area contributed by atoms with E-state index in [-0.39, 0.29) is 5.97 Å². The predicted octanol–water partition coefficient (Wildman–Crippen LogP) is 1.74. The molecule has 0 aromatic carbocycles. The summed E-state index contributed by atoms with van der Waals surface area (Å²) in [5, 5.41) is 0. The first kappa shape index (κ1) is 10.6. The van der Waals surface area contributed by atoms with E-state index in [0.717, 1.165) is 0 Å². The van der Waals surface area contributed by atoms with E-state index in [0.29, 0.717) is 11.3 Å². The summed E-state index contributed by atoms with van der Waals surface area (Å²) in [6.07, 6.45) is 2.87. The Balaban J connectivity index is 2.86. The lowest BCUT2D eigenvalue weighted by Crippen LogP contribution is -2.24. The molecule has 0 atom stereocenters. The van der Waals surface area contributed by atoms with Gasteiger partial charge in [-0.1, -0.05) is 0 Å². The van der Waals surface area contributed by atoms with E-state index in [1.54, 1.807) is 6.92 Å². The SMILES string of the molecule is Cc1ncncc1C(=O)OC(C)(C)C. The normalized spacial score (nSPS) is 11.1. The van der Waals surface area contributed by atoms with Crippen LogP contribution in [0.1, 0.15) is 36.8 Å². The molecule has 0 N–H and O–H groups in total. The van der Waals surface area contributed by atoms with Crippen LogP contribution in [0, 0.1) is 6.92 Å². The van der Waals surface area contributed by atoms with Crippen LogP contribution < -0.4 is 0 Å². The van der Waals surface area contributed by atoms with Gasteiger partial charge in [0.2, 0.25) is 0 Å². The van der Waals surface area contributed by atoms with Crippen LogP contribution in [-0.4, -0.2) is 21.5 Å². The zero-order chi connectivity index (χ0) is 10.8. The van der Waals surface area contributed by atoms with Crippen LogP contribution in [0.3, 0.4) is 0 Å². The minimum Gasteiger partial charge on any atom is -0.456 e. The predicted molar refractivity (Wildman–Crippen MR) is 51.9 cm³/mol. The van der Waals surface area contributed by atoms with Crippen LogP contribution in [0.4, 0.5) is 0 Å². The van der Waals surface area contributed by atoms with E-state index in [9.17, 15) is 4.79 Å². The Bertz CT molecular complexity index is 342. The van der Waals surface area contributed by atoms with Gasteiger partial charge in [-0.05, 0) is 27.7 Å². The lowest BCUT2D eigenvalue weighted by atomic mass is 10.2. The number of hydrogen-bond acceptors (Lipinski definition) is 4. The Kier molecular flexibility index (Phi) is 2.84. The third-order valence-electron chi connectivity index (χ3n) is 1.53. The lowest BCUT2D eigenvalue weighted by Gasteiger charge is -2.19. The standard InChI is InChI=1S/C10H14N2O2/c1-7-8(5-11-6-12-7)9(13)14-10(2,3)4/h5-6H,1-4H3. The van der Waals surface area contributed by atoms with Crippen molar-refractivity contribution in [3.8, 4) is 0 Å². The van der Waals surface area contributed by atoms with Crippen molar-refractivity contribution in [2.24, 2.45) is 0 Å². The van der Waals surface area contributed by atoms with Gasteiger partial charge in [0.1, 0.15) is 11.9 Å². The smallest absolute Gasteiger partial charge is 0.342 e. The van der Waals surface area contributed by atoms with Gasteiger partial charge in [-0.3, -0.25) is 0 Å². The van der Waals surface area contributed by atoms with Gasteiger partial charge < -0.3 is 4.74 Å². The van der Waals surface area contributed by atoms with Crippen molar-refractivity contribution in [2.75, 3.05) is 0 Å². The number of rotatable bonds is 1. The van der Waals surface area contributed by atoms with Gasteiger partial charge in [-0.2, -0.15) is 0 Å². The summed E-state index contributed by atoms with van der Waals surface area (Å²) < 4.78 is 5.19. The fourth-order valence-corrected chi connectivity index (χ4v) is 0.924. The fraction of sp³-hybridized carbons (Fsp3) is 0.500. The fourth-order valence-electron chi connectivity index (χ4n) is 0.924. The average molecular weight is 194 g/mol. The summed E-state index contributed by atoms with van der Waals surface area (Å²) in [5.74, 6) is -0.379. The molecule has 0 unspecified atom stereocenters. The Labute approximate surface area is 83.3 Å². The monoisotopic (exact) mass is 194 g/mol. The summed E-state index contributed by atoms with van der Waals surface area (Å²) >= 11 is 0. The molecule has 0 radical (unpaired) electrons. The Hall–Kier alpha value is -1.45. The van der Waals surface area contributed by atoms with Gasteiger partial charge in [0, 0.05) is 6.20 Å². The maximum atomic E-state index is 11.6. The highest BCUT2D eigenvalue weighted by molar-refractivity contribution is 5.90. The van der Waals surface area contributed by atoms with Crippen LogP contribution in [0.5, 0.6) is 0 Å². The molecule has 4 heteroatoms. The zero-order valence-corrected chi connectivity index (χ0v) is 8.87. The number of carbonyl (C=O) groups is 1. The van der Waals surface area contributed by atoms with E-state index in [4.69, 9.17) is 4.74 Å². The topological polar surface area (TPSA) is 52.1 Å². The molecule has 0 aliphatic heterocycles. The minimum atomic E-state index is -0.487.